The SMILES string of the molecule is CCN(CC)c1nc2ccc(OC(=O)c3ccc(S(=O)(=O)N4CC(C)OC(C)C4)cc3)cc2s1. The van der Waals surface area contributed by atoms with Gasteiger partial charge in [0, 0.05) is 32.2 Å². The van der Waals surface area contributed by atoms with Crippen LogP contribution < -0.4 is 9.64 Å². The Morgan fingerprint density at radius 2 is 1.76 bits per heavy atom. The van der Waals surface area contributed by atoms with E-state index in [1.54, 1.807) is 23.5 Å². The third kappa shape index (κ3) is 5.10. The molecule has 1 aliphatic rings. The number of fused-ring (bicyclic) bond motifs is 1. The van der Waals surface area contributed by atoms with Crippen LogP contribution in [0.4, 0.5) is 5.13 Å². The molecule has 3 aromatic rings. The van der Waals surface area contributed by atoms with Crippen molar-refractivity contribution in [2.45, 2.75) is 44.8 Å². The van der Waals surface area contributed by atoms with Crippen LogP contribution in [0.5, 0.6) is 5.75 Å². The van der Waals surface area contributed by atoms with E-state index < -0.39 is 16.0 Å². The Balaban J connectivity index is 1.48. The van der Waals surface area contributed by atoms with Crippen molar-refractivity contribution in [3.05, 3.63) is 48.0 Å². The molecule has 1 saturated heterocycles. The number of carbonyl (C=O) groups excluding carboxylic acids is 1. The molecule has 0 saturated carbocycles. The van der Waals surface area contributed by atoms with Gasteiger partial charge in [0.25, 0.3) is 0 Å². The monoisotopic (exact) mass is 503 g/mol. The number of morpholine rings is 1. The molecule has 182 valence electrons. The van der Waals surface area contributed by atoms with Crippen molar-refractivity contribution in [2.24, 2.45) is 0 Å². The standard InChI is InChI=1S/C24H29N3O5S2/c1-5-26(6-2)24-25-21-12-9-19(13-22(21)33-24)32-23(28)18-7-10-20(11-8-18)34(29,30)27-14-16(3)31-17(4)15-27/h7-13,16-17H,5-6,14-15H2,1-4H3. The third-order valence-electron chi connectivity index (χ3n) is 5.71. The van der Waals surface area contributed by atoms with Crippen LogP contribution in [0.25, 0.3) is 10.2 Å². The Hall–Kier alpha value is -2.53. The number of rotatable bonds is 7. The van der Waals surface area contributed by atoms with Crippen molar-refractivity contribution < 1.29 is 22.7 Å². The zero-order valence-corrected chi connectivity index (χ0v) is 21.4. The smallest absolute Gasteiger partial charge is 0.343 e. The molecular formula is C24H29N3O5S2. The largest absolute Gasteiger partial charge is 0.423 e. The highest BCUT2D eigenvalue weighted by Gasteiger charge is 2.32. The summed E-state index contributed by atoms with van der Waals surface area (Å²) in [6, 6.07) is 11.2. The fraction of sp³-hybridized carbons (Fsp3) is 0.417. The summed E-state index contributed by atoms with van der Waals surface area (Å²) in [5.74, 6) is -0.134. The maximum Gasteiger partial charge on any atom is 0.343 e. The van der Waals surface area contributed by atoms with Crippen molar-refractivity contribution in [2.75, 3.05) is 31.1 Å². The third-order valence-corrected chi connectivity index (χ3v) is 8.63. The minimum Gasteiger partial charge on any atom is -0.423 e. The van der Waals surface area contributed by atoms with Gasteiger partial charge in [0.1, 0.15) is 5.75 Å². The van der Waals surface area contributed by atoms with Gasteiger partial charge in [0.15, 0.2) is 5.13 Å². The Labute approximate surface area is 204 Å². The molecule has 4 rings (SSSR count). The zero-order valence-electron chi connectivity index (χ0n) is 19.7. The Morgan fingerprint density at radius 1 is 1.12 bits per heavy atom. The van der Waals surface area contributed by atoms with Crippen LogP contribution in [-0.2, 0) is 14.8 Å². The number of thiazole rings is 1. The van der Waals surface area contributed by atoms with Crippen molar-refractivity contribution >= 4 is 42.7 Å². The number of aromatic nitrogens is 1. The van der Waals surface area contributed by atoms with Gasteiger partial charge in [0.2, 0.25) is 10.0 Å². The molecule has 34 heavy (non-hydrogen) atoms. The lowest BCUT2D eigenvalue weighted by atomic mass is 10.2. The quantitative estimate of drug-likeness (QED) is 0.353. The van der Waals surface area contributed by atoms with E-state index in [-0.39, 0.29) is 22.7 Å². The van der Waals surface area contributed by atoms with E-state index >= 15 is 0 Å². The highest BCUT2D eigenvalue weighted by Crippen LogP contribution is 2.31. The van der Waals surface area contributed by atoms with E-state index in [2.05, 4.69) is 23.7 Å². The first-order valence-electron chi connectivity index (χ1n) is 11.3. The summed E-state index contributed by atoms with van der Waals surface area (Å²) in [5, 5.41) is 0.935. The van der Waals surface area contributed by atoms with Gasteiger partial charge in [-0.25, -0.2) is 18.2 Å². The first-order chi connectivity index (χ1) is 16.2. The van der Waals surface area contributed by atoms with E-state index in [4.69, 9.17) is 9.47 Å². The second-order valence-corrected chi connectivity index (χ2v) is 11.2. The molecule has 8 nitrogen and oxygen atoms in total. The fourth-order valence-electron chi connectivity index (χ4n) is 3.99. The summed E-state index contributed by atoms with van der Waals surface area (Å²) in [4.78, 5) is 19.6. The first-order valence-corrected chi connectivity index (χ1v) is 13.6. The second-order valence-electron chi connectivity index (χ2n) is 8.29. The normalized spacial score (nSPS) is 19.3. The van der Waals surface area contributed by atoms with E-state index in [0.717, 1.165) is 28.4 Å². The van der Waals surface area contributed by atoms with Gasteiger partial charge < -0.3 is 14.4 Å². The number of ether oxygens (including phenoxy) is 2. The minimum atomic E-state index is -3.67. The van der Waals surface area contributed by atoms with E-state index in [0.29, 0.717) is 18.8 Å². The van der Waals surface area contributed by atoms with Gasteiger partial charge in [0.05, 0.1) is 32.9 Å². The molecule has 0 amide bonds. The summed E-state index contributed by atoms with van der Waals surface area (Å²) in [6.45, 7) is 10.2. The number of hydrogen-bond donors (Lipinski definition) is 0. The molecule has 0 aliphatic carbocycles. The van der Waals surface area contributed by atoms with Gasteiger partial charge in [-0.05, 0) is 64.1 Å². The van der Waals surface area contributed by atoms with Crippen LogP contribution >= 0.6 is 11.3 Å². The first kappa shape index (κ1) is 24.6. The van der Waals surface area contributed by atoms with Gasteiger partial charge in [-0.2, -0.15) is 4.31 Å². The second kappa shape index (κ2) is 9.99. The maximum atomic E-state index is 13.0. The lowest BCUT2D eigenvalue weighted by Gasteiger charge is -2.34. The molecule has 0 N–H and O–H groups in total. The molecule has 2 unspecified atom stereocenters. The highest BCUT2D eigenvalue weighted by atomic mass is 32.2. The Bertz CT molecular complexity index is 1260. The maximum absolute atomic E-state index is 13.0. The number of anilines is 1. The van der Waals surface area contributed by atoms with Gasteiger partial charge in [-0.15, -0.1) is 0 Å². The van der Waals surface area contributed by atoms with Crippen molar-refractivity contribution in [1.82, 2.24) is 9.29 Å². The van der Waals surface area contributed by atoms with E-state index in [1.807, 2.05) is 19.9 Å². The van der Waals surface area contributed by atoms with Crippen LogP contribution in [0.15, 0.2) is 47.4 Å². The van der Waals surface area contributed by atoms with Gasteiger partial charge in [-0.1, -0.05) is 11.3 Å². The molecule has 1 aliphatic heterocycles. The zero-order chi connectivity index (χ0) is 24.5. The topological polar surface area (TPSA) is 89.0 Å². The lowest BCUT2D eigenvalue weighted by Crippen LogP contribution is -2.48. The summed E-state index contributed by atoms with van der Waals surface area (Å²) in [5.41, 5.74) is 1.13. The molecule has 0 bridgehead atoms. The van der Waals surface area contributed by atoms with Gasteiger partial charge in [-0.3, -0.25) is 0 Å². The Morgan fingerprint density at radius 3 is 2.38 bits per heavy atom. The number of esters is 1. The van der Waals surface area contributed by atoms with E-state index in [1.165, 1.54) is 28.6 Å². The van der Waals surface area contributed by atoms with Crippen LogP contribution in [0.3, 0.4) is 0 Å². The minimum absolute atomic E-state index is 0.139. The summed E-state index contributed by atoms with van der Waals surface area (Å²) >= 11 is 1.55. The highest BCUT2D eigenvalue weighted by molar-refractivity contribution is 7.89. The van der Waals surface area contributed by atoms with Crippen LogP contribution in [-0.4, -0.2) is 62.1 Å². The molecule has 0 radical (unpaired) electrons. The number of benzene rings is 2. The summed E-state index contributed by atoms with van der Waals surface area (Å²) < 4.78 is 39.6. The number of sulfonamides is 1. The predicted octanol–water partition coefficient (Wildman–Crippen LogP) is 4.16. The van der Waals surface area contributed by atoms with Crippen molar-refractivity contribution in [3.8, 4) is 5.75 Å². The summed E-state index contributed by atoms with van der Waals surface area (Å²) in [7, 11) is -3.67. The van der Waals surface area contributed by atoms with Gasteiger partial charge >= 0.3 is 5.97 Å². The van der Waals surface area contributed by atoms with Crippen LogP contribution in [0, 0.1) is 0 Å². The molecule has 2 heterocycles. The molecule has 1 aromatic heterocycles. The van der Waals surface area contributed by atoms with Crippen molar-refractivity contribution in [1.29, 1.82) is 0 Å². The Kier molecular flexibility index (Phi) is 7.22. The summed E-state index contributed by atoms with van der Waals surface area (Å²) in [6.07, 6.45) is -0.349. The molecule has 2 aromatic carbocycles. The predicted molar refractivity (Wildman–Crippen MR) is 133 cm³/mol. The molecule has 1 fully saturated rings. The van der Waals surface area contributed by atoms with Crippen LogP contribution in [0.1, 0.15) is 38.1 Å². The lowest BCUT2D eigenvalue weighted by molar-refractivity contribution is -0.0440. The van der Waals surface area contributed by atoms with Crippen molar-refractivity contribution in [3.63, 3.8) is 0 Å². The average molecular weight is 504 g/mol. The molecule has 0 spiro atoms. The number of nitrogens with zero attached hydrogens (tertiary/aromatic N) is 3. The number of carbonyl (C=O) groups is 1. The fourth-order valence-corrected chi connectivity index (χ4v) is 6.70. The molecule has 2 atom stereocenters. The van der Waals surface area contributed by atoms with E-state index in [9.17, 15) is 13.2 Å². The average Bonchev–Trinajstić information content (AvgIpc) is 3.22. The molecular weight excluding hydrogens is 474 g/mol. The molecule has 10 heteroatoms. The number of hydrogen-bond acceptors (Lipinski definition) is 8. The van der Waals surface area contributed by atoms with Crippen LogP contribution in [0.2, 0.25) is 0 Å².